The summed E-state index contributed by atoms with van der Waals surface area (Å²) in [4.78, 5) is 37.0. The largest absolute Gasteiger partial charge is 0.493 e. The molecular formula is C33H47ClN2O4. The summed E-state index contributed by atoms with van der Waals surface area (Å²) in [5.74, 6) is -0.0103. The summed E-state index contributed by atoms with van der Waals surface area (Å²) in [6.07, 6.45) is 3.34. The van der Waals surface area contributed by atoms with Crippen molar-refractivity contribution in [2.45, 2.75) is 105 Å². The number of Topliss-reactive ketones (excluding diaryl/α,β-unsaturated/α-hetero) is 1. The second kappa shape index (κ2) is 14.7. The average molecular weight is 571 g/mol. The van der Waals surface area contributed by atoms with Crippen LogP contribution in [-0.2, 0) is 25.2 Å². The molecule has 7 heteroatoms. The molecule has 40 heavy (non-hydrogen) atoms. The first-order valence-electron chi connectivity index (χ1n) is 14.4. The number of benzene rings is 2. The summed E-state index contributed by atoms with van der Waals surface area (Å²) < 4.78 is 6.19. The fraction of sp³-hybridized carbons (Fsp3) is 0.545. The molecule has 0 aromatic heterocycles. The summed E-state index contributed by atoms with van der Waals surface area (Å²) in [6, 6.07) is 11.4. The molecule has 0 aliphatic carbocycles. The number of nitrogens with one attached hydrogen (secondary N) is 2. The van der Waals surface area contributed by atoms with Crippen LogP contribution >= 0.6 is 11.6 Å². The number of anilines is 2. The Kier molecular flexibility index (Phi) is 12.2. The maximum Gasteiger partial charge on any atom is 0.231 e. The Hall–Kier alpha value is -2.86. The van der Waals surface area contributed by atoms with Crippen LogP contribution in [0.15, 0.2) is 36.4 Å². The lowest BCUT2D eigenvalue weighted by Crippen LogP contribution is -2.21. The number of ether oxygens (including phenoxy) is 1. The molecule has 2 N–H and O–H groups in total. The molecule has 0 aliphatic heterocycles. The van der Waals surface area contributed by atoms with Gasteiger partial charge in [-0.2, -0.15) is 0 Å². The second-order valence-corrected chi connectivity index (χ2v) is 12.3. The Morgan fingerprint density at radius 1 is 0.900 bits per heavy atom. The monoisotopic (exact) mass is 570 g/mol. The van der Waals surface area contributed by atoms with E-state index in [1.165, 1.54) is 11.1 Å². The number of carbonyl (C=O) groups excluding carboxylic acids is 3. The third-order valence-electron chi connectivity index (χ3n) is 8.08. The van der Waals surface area contributed by atoms with Crippen molar-refractivity contribution in [3.63, 3.8) is 0 Å². The van der Waals surface area contributed by atoms with Gasteiger partial charge in [0.15, 0.2) is 0 Å². The van der Waals surface area contributed by atoms with Crippen LogP contribution in [-0.4, -0.2) is 24.2 Å². The lowest BCUT2D eigenvalue weighted by molar-refractivity contribution is -0.127. The van der Waals surface area contributed by atoms with E-state index in [1.807, 2.05) is 6.92 Å². The molecule has 0 spiro atoms. The van der Waals surface area contributed by atoms with Crippen molar-refractivity contribution in [2.75, 3.05) is 17.2 Å². The van der Waals surface area contributed by atoms with Gasteiger partial charge in [-0.15, -0.1) is 0 Å². The van der Waals surface area contributed by atoms with Crippen molar-refractivity contribution in [3.8, 4) is 5.75 Å². The van der Waals surface area contributed by atoms with Crippen molar-refractivity contribution in [1.29, 1.82) is 0 Å². The van der Waals surface area contributed by atoms with Crippen LogP contribution in [0.1, 0.15) is 105 Å². The first-order valence-corrected chi connectivity index (χ1v) is 14.8. The van der Waals surface area contributed by atoms with Crippen LogP contribution in [0, 0.1) is 5.92 Å². The molecule has 2 amide bonds. The van der Waals surface area contributed by atoms with Gasteiger partial charge in [0.05, 0.1) is 23.7 Å². The Balaban J connectivity index is 1.97. The van der Waals surface area contributed by atoms with Gasteiger partial charge in [0, 0.05) is 23.6 Å². The van der Waals surface area contributed by atoms with Crippen LogP contribution < -0.4 is 15.4 Å². The van der Waals surface area contributed by atoms with Gasteiger partial charge >= 0.3 is 0 Å². The maximum absolute atomic E-state index is 12.6. The SMILES string of the molecule is CCC(C)C(=O)CC(=O)Nc1cc(NC(=O)CCCOc2ccc(C(C)(C)CC)cc2C(C)(C)CC)ccc1Cl. The molecule has 6 nitrogen and oxygen atoms in total. The highest BCUT2D eigenvalue weighted by Crippen LogP contribution is 2.38. The number of amides is 2. The van der Waals surface area contributed by atoms with Crippen LogP contribution in [0.3, 0.4) is 0 Å². The molecule has 2 aromatic carbocycles. The van der Waals surface area contributed by atoms with Crippen LogP contribution in [0.4, 0.5) is 11.4 Å². The zero-order chi connectivity index (χ0) is 30.1. The van der Waals surface area contributed by atoms with Gasteiger partial charge in [0.25, 0.3) is 0 Å². The maximum atomic E-state index is 12.6. The first-order chi connectivity index (χ1) is 18.7. The predicted molar refractivity (Wildman–Crippen MR) is 166 cm³/mol. The van der Waals surface area contributed by atoms with E-state index in [9.17, 15) is 14.4 Å². The van der Waals surface area contributed by atoms with E-state index in [-0.39, 0.29) is 41.3 Å². The molecular weight excluding hydrogens is 524 g/mol. The molecule has 0 bridgehead atoms. The smallest absolute Gasteiger partial charge is 0.231 e. The number of halogens is 1. The zero-order valence-corrected chi connectivity index (χ0v) is 26.3. The molecule has 2 rings (SSSR count). The average Bonchev–Trinajstić information content (AvgIpc) is 2.92. The standard InChI is InChI=1S/C33H47ClN2O4/c1-9-22(4)28(37)21-31(39)36-27-20-24(15-16-26(27)34)35-30(38)13-12-18-40-29-17-14-23(32(5,6)10-2)19-25(29)33(7,8)11-3/h14-17,19-20,22H,9-13,18,21H2,1-8H3,(H,35,38)(H,36,39). The van der Waals surface area contributed by atoms with Gasteiger partial charge < -0.3 is 15.4 Å². The van der Waals surface area contributed by atoms with E-state index >= 15 is 0 Å². The summed E-state index contributed by atoms with van der Waals surface area (Å²) >= 11 is 6.23. The van der Waals surface area contributed by atoms with Crippen molar-refractivity contribution in [3.05, 3.63) is 52.5 Å². The number of carbonyl (C=O) groups is 3. The minimum atomic E-state index is -0.426. The van der Waals surface area contributed by atoms with E-state index < -0.39 is 5.91 Å². The fourth-order valence-electron chi connectivity index (χ4n) is 4.09. The minimum absolute atomic E-state index is 0.0320. The quantitative estimate of drug-likeness (QED) is 0.166. The molecule has 2 aromatic rings. The van der Waals surface area contributed by atoms with Crippen LogP contribution in [0.5, 0.6) is 5.75 Å². The number of rotatable bonds is 15. The Morgan fingerprint density at radius 2 is 1.57 bits per heavy atom. The van der Waals surface area contributed by atoms with Crippen molar-refractivity contribution in [1.82, 2.24) is 0 Å². The molecule has 0 radical (unpaired) electrons. The van der Waals surface area contributed by atoms with Crippen molar-refractivity contribution < 1.29 is 19.1 Å². The Bertz CT molecular complexity index is 1190. The highest BCUT2D eigenvalue weighted by molar-refractivity contribution is 6.34. The predicted octanol–water partition coefficient (Wildman–Crippen LogP) is 8.46. The third kappa shape index (κ3) is 9.36. The molecule has 0 saturated carbocycles. The van der Waals surface area contributed by atoms with E-state index in [0.29, 0.717) is 35.8 Å². The molecule has 220 valence electrons. The molecule has 0 saturated heterocycles. The van der Waals surface area contributed by atoms with Gasteiger partial charge in [-0.25, -0.2) is 0 Å². The molecule has 0 heterocycles. The summed E-state index contributed by atoms with van der Waals surface area (Å²) in [6.45, 7) is 17.5. The van der Waals surface area contributed by atoms with Gasteiger partial charge in [-0.05, 0) is 66.3 Å². The third-order valence-corrected chi connectivity index (χ3v) is 8.41. The molecule has 1 unspecified atom stereocenters. The summed E-state index contributed by atoms with van der Waals surface area (Å²) in [5.41, 5.74) is 3.42. The van der Waals surface area contributed by atoms with Crippen LogP contribution in [0.2, 0.25) is 5.02 Å². The fourth-order valence-corrected chi connectivity index (χ4v) is 4.26. The van der Waals surface area contributed by atoms with Gasteiger partial charge in [-0.1, -0.05) is 79.1 Å². The summed E-state index contributed by atoms with van der Waals surface area (Å²) in [5, 5.41) is 5.86. The van der Waals surface area contributed by atoms with E-state index in [2.05, 4.69) is 70.4 Å². The highest BCUT2D eigenvalue weighted by atomic mass is 35.5. The molecule has 0 fully saturated rings. The lowest BCUT2D eigenvalue weighted by atomic mass is 9.76. The Morgan fingerprint density at radius 3 is 2.20 bits per heavy atom. The molecule has 0 aliphatic rings. The van der Waals surface area contributed by atoms with E-state index in [1.54, 1.807) is 25.1 Å². The van der Waals surface area contributed by atoms with Crippen LogP contribution in [0.25, 0.3) is 0 Å². The Labute approximate surface area is 245 Å². The topological polar surface area (TPSA) is 84.5 Å². The second-order valence-electron chi connectivity index (χ2n) is 11.9. The van der Waals surface area contributed by atoms with Crippen molar-refractivity contribution in [2.24, 2.45) is 5.92 Å². The minimum Gasteiger partial charge on any atom is -0.493 e. The van der Waals surface area contributed by atoms with E-state index in [4.69, 9.17) is 16.3 Å². The van der Waals surface area contributed by atoms with Gasteiger partial charge in [0.2, 0.25) is 11.8 Å². The number of ketones is 1. The zero-order valence-electron chi connectivity index (χ0n) is 25.5. The lowest BCUT2D eigenvalue weighted by Gasteiger charge is -2.30. The highest BCUT2D eigenvalue weighted by Gasteiger charge is 2.26. The molecule has 1 atom stereocenters. The van der Waals surface area contributed by atoms with Crippen molar-refractivity contribution >= 4 is 40.6 Å². The van der Waals surface area contributed by atoms with Gasteiger partial charge in [0.1, 0.15) is 11.5 Å². The first kappa shape index (κ1) is 33.3. The summed E-state index contributed by atoms with van der Waals surface area (Å²) in [7, 11) is 0. The number of hydrogen-bond acceptors (Lipinski definition) is 4. The van der Waals surface area contributed by atoms with Gasteiger partial charge in [-0.3, -0.25) is 14.4 Å². The van der Waals surface area contributed by atoms with E-state index in [0.717, 1.165) is 18.6 Å². The normalized spacial score (nSPS) is 12.5. The number of hydrogen-bond donors (Lipinski definition) is 2.